The van der Waals surface area contributed by atoms with Crippen LogP contribution in [0, 0.1) is 0 Å². The van der Waals surface area contributed by atoms with E-state index in [2.05, 4.69) is 15.9 Å². The van der Waals surface area contributed by atoms with Gasteiger partial charge >= 0.3 is 0 Å². The second-order valence-electron chi connectivity index (χ2n) is 2.59. The number of rotatable bonds is 3. The second kappa shape index (κ2) is 4.39. The van der Waals surface area contributed by atoms with Crippen molar-refractivity contribution in [2.24, 2.45) is 0 Å². The highest BCUT2D eigenvalue weighted by molar-refractivity contribution is 9.10. The summed E-state index contributed by atoms with van der Waals surface area (Å²) in [6.45, 7) is 0.0936. The lowest BCUT2D eigenvalue weighted by Gasteiger charge is -2.02. The van der Waals surface area contributed by atoms with E-state index in [4.69, 9.17) is 10.5 Å². The van der Waals surface area contributed by atoms with Gasteiger partial charge in [-0.25, -0.2) is 0 Å². The molecule has 0 saturated heterocycles. The number of hydrogen-bond donors (Lipinski definition) is 1. The van der Waals surface area contributed by atoms with Crippen LogP contribution in [0.5, 0.6) is 0 Å². The summed E-state index contributed by atoms with van der Waals surface area (Å²) < 4.78 is 5.46. The molecular weight excluding hydrogens is 234 g/mol. The quantitative estimate of drug-likeness (QED) is 0.652. The molecule has 0 unspecified atom stereocenters. The Morgan fingerprint density at radius 3 is 2.85 bits per heavy atom. The van der Waals surface area contributed by atoms with Crippen molar-refractivity contribution >= 4 is 27.4 Å². The van der Waals surface area contributed by atoms with E-state index in [0.717, 1.165) is 4.47 Å². The van der Waals surface area contributed by atoms with Crippen molar-refractivity contribution in [3.63, 3.8) is 0 Å². The number of nitrogen functional groups attached to an aromatic ring is 1. The van der Waals surface area contributed by atoms with Crippen molar-refractivity contribution in [3.8, 4) is 0 Å². The Labute approximate surface area is 85.0 Å². The molecule has 0 atom stereocenters. The van der Waals surface area contributed by atoms with Gasteiger partial charge in [-0.15, -0.1) is 0 Å². The van der Waals surface area contributed by atoms with E-state index < -0.39 is 0 Å². The number of nitrogens with two attached hydrogens (primary N) is 1. The van der Waals surface area contributed by atoms with Gasteiger partial charge in [0.05, 0.1) is 0 Å². The molecule has 0 heterocycles. The third-order valence-electron chi connectivity index (χ3n) is 1.60. The summed E-state index contributed by atoms with van der Waals surface area (Å²) in [5.41, 5.74) is 6.79. The lowest BCUT2D eigenvalue weighted by Crippen LogP contribution is -2.07. The summed E-state index contributed by atoms with van der Waals surface area (Å²) in [4.78, 5) is 11.3. The van der Waals surface area contributed by atoms with Crippen LogP contribution in [-0.4, -0.2) is 19.5 Å². The van der Waals surface area contributed by atoms with Crippen LogP contribution >= 0.6 is 15.9 Å². The number of hydrogen-bond acceptors (Lipinski definition) is 3. The molecule has 0 amide bonds. The largest absolute Gasteiger partial charge is 0.398 e. The van der Waals surface area contributed by atoms with Gasteiger partial charge in [0.2, 0.25) is 0 Å². The lowest BCUT2D eigenvalue weighted by atomic mass is 10.1. The Balaban J connectivity index is 2.90. The zero-order valence-electron chi connectivity index (χ0n) is 7.21. The predicted molar refractivity (Wildman–Crippen MR) is 54.8 cm³/mol. The van der Waals surface area contributed by atoms with Crippen LogP contribution in [0.4, 0.5) is 5.69 Å². The van der Waals surface area contributed by atoms with Crippen LogP contribution in [0.25, 0.3) is 0 Å². The molecule has 0 radical (unpaired) electrons. The molecule has 0 aromatic heterocycles. The van der Waals surface area contributed by atoms with Gasteiger partial charge in [0, 0.05) is 22.8 Å². The first-order chi connectivity index (χ1) is 6.15. The van der Waals surface area contributed by atoms with Gasteiger partial charge in [-0.1, -0.05) is 0 Å². The van der Waals surface area contributed by atoms with Crippen LogP contribution < -0.4 is 5.73 Å². The zero-order valence-corrected chi connectivity index (χ0v) is 8.80. The molecule has 2 N–H and O–H groups in total. The number of ketones is 1. The molecule has 0 fully saturated rings. The molecule has 4 heteroatoms. The molecule has 13 heavy (non-hydrogen) atoms. The van der Waals surface area contributed by atoms with Crippen molar-refractivity contribution in [2.45, 2.75) is 0 Å². The minimum atomic E-state index is -0.0526. The highest BCUT2D eigenvalue weighted by Crippen LogP contribution is 2.20. The molecule has 70 valence electrons. The van der Waals surface area contributed by atoms with Crippen molar-refractivity contribution in [1.82, 2.24) is 0 Å². The van der Waals surface area contributed by atoms with Crippen molar-refractivity contribution in [2.75, 3.05) is 19.5 Å². The van der Waals surface area contributed by atoms with Gasteiger partial charge in [-0.2, -0.15) is 0 Å². The molecule has 0 aliphatic rings. The van der Waals surface area contributed by atoms with Gasteiger partial charge in [-0.05, 0) is 34.1 Å². The Morgan fingerprint density at radius 1 is 1.62 bits per heavy atom. The van der Waals surface area contributed by atoms with Crippen molar-refractivity contribution in [1.29, 1.82) is 0 Å². The normalized spacial score (nSPS) is 10.0. The zero-order chi connectivity index (χ0) is 9.84. The summed E-state index contributed by atoms with van der Waals surface area (Å²) in [5, 5.41) is 0. The first kappa shape index (κ1) is 10.2. The standard InChI is InChI=1S/C9H10BrNO2/c1-13-5-9(12)6-2-3-8(11)7(10)4-6/h2-4H,5,11H2,1H3. The first-order valence-electron chi connectivity index (χ1n) is 3.72. The average molecular weight is 244 g/mol. The number of benzene rings is 1. The van der Waals surface area contributed by atoms with Crippen LogP contribution in [0.1, 0.15) is 10.4 Å². The first-order valence-corrected chi connectivity index (χ1v) is 4.51. The number of anilines is 1. The van der Waals surface area contributed by atoms with Gasteiger partial charge in [0.25, 0.3) is 0 Å². The topological polar surface area (TPSA) is 52.3 Å². The summed E-state index contributed by atoms with van der Waals surface area (Å²) in [6, 6.07) is 5.06. The van der Waals surface area contributed by atoms with Gasteiger partial charge < -0.3 is 10.5 Å². The Morgan fingerprint density at radius 2 is 2.31 bits per heavy atom. The maximum Gasteiger partial charge on any atom is 0.188 e. The monoisotopic (exact) mass is 243 g/mol. The minimum Gasteiger partial charge on any atom is -0.398 e. The molecule has 3 nitrogen and oxygen atoms in total. The second-order valence-corrected chi connectivity index (χ2v) is 3.45. The molecule has 0 spiro atoms. The van der Waals surface area contributed by atoms with E-state index in [1.807, 2.05) is 0 Å². The lowest BCUT2D eigenvalue weighted by molar-refractivity contribution is 0.0848. The van der Waals surface area contributed by atoms with Crippen molar-refractivity contribution in [3.05, 3.63) is 28.2 Å². The van der Waals surface area contributed by atoms with Crippen LogP contribution in [-0.2, 0) is 4.74 Å². The summed E-state index contributed by atoms with van der Waals surface area (Å²) in [7, 11) is 1.49. The van der Waals surface area contributed by atoms with E-state index in [1.54, 1.807) is 18.2 Å². The smallest absolute Gasteiger partial charge is 0.188 e. The Kier molecular flexibility index (Phi) is 3.45. The van der Waals surface area contributed by atoms with Crippen molar-refractivity contribution < 1.29 is 9.53 Å². The highest BCUT2D eigenvalue weighted by Gasteiger charge is 2.06. The molecule has 1 aromatic carbocycles. The van der Waals surface area contributed by atoms with E-state index >= 15 is 0 Å². The third-order valence-corrected chi connectivity index (χ3v) is 2.28. The fourth-order valence-electron chi connectivity index (χ4n) is 0.915. The summed E-state index contributed by atoms with van der Waals surface area (Å²) in [6.07, 6.45) is 0. The van der Waals surface area contributed by atoms with E-state index in [1.165, 1.54) is 7.11 Å². The molecular formula is C9H10BrNO2. The minimum absolute atomic E-state index is 0.0526. The highest BCUT2D eigenvalue weighted by atomic mass is 79.9. The fourth-order valence-corrected chi connectivity index (χ4v) is 1.29. The Bertz CT molecular complexity index is 325. The fraction of sp³-hybridized carbons (Fsp3) is 0.222. The Hall–Kier alpha value is -0.870. The van der Waals surface area contributed by atoms with E-state index in [-0.39, 0.29) is 12.4 Å². The summed E-state index contributed by atoms with van der Waals surface area (Å²) >= 11 is 3.25. The van der Waals surface area contributed by atoms with Crippen LogP contribution in [0.3, 0.4) is 0 Å². The maximum absolute atomic E-state index is 11.3. The average Bonchev–Trinajstić information content (AvgIpc) is 2.10. The molecule has 1 aromatic rings. The van der Waals surface area contributed by atoms with Crippen LogP contribution in [0.2, 0.25) is 0 Å². The van der Waals surface area contributed by atoms with Gasteiger partial charge in [-0.3, -0.25) is 4.79 Å². The number of carbonyl (C=O) groups is 1. The predicted octanol–water partition coefficient (Wildman–Crippen LogP) is 1.86. The number of methoxy groups -OCH3 is 1. The number of carbonyl (C=O) groups excluding carboxylic acids is 1. The van der Waals surface area contributed by atoms with Gasteiger partial charge in [0.1, 0.15) is 6.61 Å². The molecule has 0 aliphatic heterocycles. The van der Waals surface area contributed by atoms with Gasteiger partial charge in [0.15, 0.2) is 5.78 Å². The molecule has 0 saturated carbocycles. The molecule has 1 rings (SSSR count). The SMILES string of the molecule is COCC(=O)c1ccc(N)c(Br)c1. The summed E-state index contributed by atoms with van der Waals surface area (Å²) in [5.74, 6) is -0.0526. The number of Topliss-reactive ketones (excluding diaryl/α,β-unsaturated/α-hetero) is 1. The maximum atomic E-state index is 11.3. The number of ether oxygens (including phenoxy) is 1. The third kappa shape index (κ3) is 2.54. The van der Waals surface area contributed by atoms with E-state index in [9.17, 15) is 4.79 Å². The number of halogens is 1. The molecule has 0 aliphatic carbocycles. The van der Waals surface area contributed by atoms with E-state index in [0.29, 0.717) is 11.3 Å². The van der Waals surface area contributed by atoms with Crippen LogP contribution in [0.15, 0.2) is 22.7 Å². The molecule has 0 bridgehead atoms.